The summed E-state index contributed by atoms with van der Waals surface area (Å²) in [5, 5.41) is 2.25. The van der Waals surface area contributed by atoms with Crippen LogP contribution in [-0.4, -0.2) is 83.3 Å². The van der Waals surface area contributed by atoms with Gasteiger partial charge in [-0.15, -0.1) is 0 Å². The maximum absolute atomic E-state index is 13.8. The van der Waals surface area contributed by atoms with Gasteiger partial charge in [0.15, 0.2) is 0 Å². The van der Waals surface area contributed by atoms with Crippen molar-refractivity contribution in [3.63, 3.8) is 0 Å². The normalized spacial score (nSPS) is 17.5. The molecule has 2 aromatic heterocycles. The summed E-state index contributed by atoms with van der Waals surface area (Å²) in [4.78, 5) is 20.1. The molecule has 4 heterocycles. The zero-order valence-electron chi connectivity index (χ0n) is 22.8. The molecule has 9 nitrogen and oxygen atoms in total. The van der Waals surface area contributed by atoms with Crippen molar-refractivity contribution in [2.24, 2.45) is 5.92 Å². The average Bonchev–Trinajstić information content (AvgIpc) is 3.59. The molecule has 2 aliphatic heterocycles. The Kier molecular flexibility index (Phi) is 7.48. The summed E-state index contributed by atoms with van der Waals surface area (Å²) >= 11 is 0. The number of fused-ring (bicyclic) bond motifs is 1. The Morgan fingerprint density at radius 3 is 2.50 bits per heavy atom. The fourth-order valence-corrected chi connectivity index (χ4v) is 6.79. The zero-order chi connectivity index (χ0) is 27.7. The Bertz CT molecular complexity index is 1610. The lowest BCUT2D eigenvalue weighted by Crippen LogP contribution is -2.40. The highest BCUT2D eigenvalue weighted by atomic mass is 32.2. The van der Waals surface area contributed by atoms with Crippen LogP contribution in [0.1, 0.15) is 28.9 Å². The Morgan fingerprint density at radius 2 is 1.73 bits per heavy atom. The minimum Gasteiger partial charge on any atom is -0.378 e. The van der Waals surface area contributed by atoms with Crippen LogP contribution in [0.4, 0.5) is 0 Å². The lowest BCUT2D eigenvalue weighted by Gasteiger charge is -2.30. The molecule has 2 aliphatic rings. The van der Waals surface area contributed by atoms with Gasteiger partial charge in [0.1, 0.15) is 0 Å². The monoisotopic (exact) mass is 561 g/mol. The van der Waals surface area contributed by atoms with E-state index < -0.39 is 10.0 Å². The van der Waals surface area contributed by atoms with Crippen LogP contribution >= 0.6 is 0 Å². The van der Waals surface area contributed by atoms with E-state index in [1.807, 2.05) is 41.8 Å². The molecule has 6 rings (SSSR count). The molecule has 0 unspecified atom stereocenters. The highest BCUT2D eigenvalue weighted by Crippen LogP contribution is 2.33. The summed E-state index contributed by atoms with van der Waals surface area (Å²) < 4.78 is 35.1. The molecule has 0 saturated carbocycles. The van der Waals surface area contributed by atoms with Gasteiger partial charge in [-0.05, 0) is 35.1 Å². The number of imidazole rings is 1. The number of hydrogen-bond donors (Lipinski definition) is 0. The summed E-state index contributed by atoms with van der Waals surface area (Å²) in [6.45, 7) is 4.78. The first-order valence-corrected chi connectivity index (χ1v) is 15.7. The number of piperidine rings is 1. The van der Waals surface area contributed by atoms with E-state index in [9.17, 15) is 13.2 Å². The average molecular weight is 562 g/mol. The van der Waals surface area contributed by atoms with E-state index in [0.717, 1.165) is 47.0 Å². The number of rotatable bonds is 7. The van der Waals surface area contributed by atoms with Gasteiger partial charge in [0.2, 0.25) is 10.0 Å². The minimum atomic E-state index is -3.14. The van der Waals surface area contributed by atoms with Gasteiger partial charge in [0, 0.05) is 56.9 Å². The Labute approximate surface area is 235 Å². The second-order valence-electron chi connectivity index (χ2n) is 10.8. The van der Waals surface area contributed by atoms with Crippen LogP contribution in [0.15, 0.2) is 67.4 Å². The molecular formula is C30H35N5O4S. The number of amides is 1. The number of aromatic nitrogens is 3. The topological polar surface area (TPSA) is 89.7 Å². The van der Waals surface area contributed by atoms with E-state index in [1.165, 1.54) is 6.26 Å². The van der Waals surface area contributed by atoms with Gasteiger partial charge in [-0.25, -0.2) is 17.7 Å². The molecule has 0 aliphatic carbocycles. The van der Waals surface area contributed by atoms with Gasteiger partial charge < -0.3 is 18.8 Å². The van der Waals surface area contributed by atoms with Crippen molar-refractivity contribution in [1.82, 2.24) is 23.3 Å². The van der Waals surface area contributed by atoms with Gasteiger partial charge in [0.05, 0.1) is 43.6 Å². The number of sulfonamides is 1. The van der Waals surface area contributed by atoms with Crippen LogP contribution in [0, 0.1) is 5.92 Å². The van der Waals surface area contributed by atoms with Crippen LogP contribution in [0.25, 0.3) is 21.9 Å². The molecule has 210 valence electrons. The molecule has 0 radical (unpaired) electrons. The van der Waals surface area contributed by atoms with Crippen molar-refractivity contribution in [1.29, 1.82) is 0 Å². The van der Waals surface area contributed by atoms with E-state index in [-0.39, 0.29) is 5.91 Å². The first-order chi connectivity index (χ1) is 19.4. The van der Waals surface area contributed by atoms with Gasteiger partial charge in [-0.1, -0.05) is 42.5 Å². The van der Waals surface area contributed by atoms with Gasteiger partial charge in [0.25, 0.3) is 5.91 Å². The van der Waals surface area contributed by atoms with Crippen LogP contribution < -0.4 is 0 Å². The van der Waals surface area contributed by atoms with Gasteiger partial charge in [-0.3, -0.25) is 4.79 Å². The fourth-order valence-electron chi connectivity index (χ4n) is 5.91. The summed E-state index contributed by atoms with van der Waals surface area (Å²) in [5.41, 5.74) is 3.71. The zero-order valence-corrected chi connectivity index (χ0v) is 23.6. The standard InChI is InChI=1S/C30H35N5O4S/c1-40(37,38)35-11-9-23(10-12-35)18-34-22-31-17-25(34)19-32-20-28(27-8-4-6-24-5-2-3-7-26(24)27)29(21-32)30(36)33-13-15-39-16-14-33/h2-8,17,20-23H,9-16,18-19H2,1H3. The lowest BCUT2D eigenvalue weighted by molar-refractivity contribution is 0.0303. The molecule has 0 atom stereocenters. The highest BCUT2D eigenvalue weighted by Gasteiger charge is 2.26. The number of ether oxygens (including phenoxy) is 1. The number of benzene rings is 2. The number of carbonyl (C=O) groups excluding carboxylic acids is 1. The van der Waals surface area contributed by atoms with Crippen LogP contribution in [0.3, 0.4) is 0 Å². The predicted molar refractivity (Wildman–Crippen MR) is 155 cm³/mol. The molecule has 2 aromatic carbocycles. The highest BCUT2D eigenvalue weighted by molar-refractivity contribution is 7.88. The third-order valence-electron chi connectivity index (χ3n) is 8.13. The Hall–Kier alpha value is -3.47. The van der Waals surface area contributed by atoms with E-state index in [1.54, 1.807) is 4.31 Å². The van der Waals surface area contributed by atoms with E-state index in [0.29, 0.717) is 57.4 Å². The molecule has 0 bridgehead atoms. The van der Waals surface area contributed by atoms with Crippen molar-refractivity contribution >= 4 is 26.7 Å². The lowest BCUT2D eigenvalue weighted by atomic mass is 9.97. The first kappa shape index (κ1) is 26.7. The van der Waals surface area contributed by atoms with Gasteiger partial charge in [-0.2, -0.15) is 0 Å². The predicted octanol–water partition coefficient (Wildman–Crippen LogP) is 3.70. The van der Waals surface area contributed by atoms with Gasteiger partial charge >= 0.3 is 0 Å². The van der Waals surface area contributed by atoms with Crippen molar-refractivity contribution in [3.8, 4) is 11.1 Å². The summed E-state index contributed by atoms with van der Waals surface area (Å²) in [6, 6.07) is 14.5. The van der Waals surface area contributed by atoms with E-state index >= 15 is 0 Å². The molecule has 4 aromatic rings. The Balaban J connectivity index is 1.28. The fraction of sp³-hybridized carbons (Fsp3) is 0.400. The smallest absolute Gasteiger partial charge is 0.256 e. The molecule has 0 N–H and O–H groups in total. The Morgan fingerprint density at radius 1 is 0.975 bits per heavy atom. The van der Waals surface area contributed by atoms with Crippen LogP contribution in [0.5, 0.6) is 0 Å². The second-order valence-corrected chi connectivity index (χ2v) is 12.8. The molecule has 0 spiro atoms. The van der Waals surface area contributed by atoms with Crippen LogP contribution in [-0.2, 0) is 27.8 Å². The van der Waals surface area contributed by atoms with Crippen molar-refractivity contribution in [2.75, 3.05) is 45.6 Å². The maximum Gasteiger partial charge on any atom is 0.256 e. The quantitative estimate of drug-likeness (QED) is 0.343. The molecule has 10 heteroatoms. The number of morpholine rings is 1. The number of hydrogen-bond acceptors (Lipinski definition) is 5. The van der Waals surface area contributed by atoms with Crippen molar-refractivity contribution < 1.29 is 17.9 Å². The second kappa shape index (κ2) is 11.2. The van der Waals surface area contributed by atoms with Crippen molar-refractivity contribution in [2.45, 2.75) is 25.9 Å². The third kappa shape index (κ3) is 5.56. The summed E-state index contributed by atoms with van der Waals surface area (Å²) in [7, 11) is -3.14. The third-order valence-corrected chi connectivity index (χ3v) is 9.43. The van der Waals surface area contributed by atoms with E-state index in [2.05, 4.69) is 44.6 Å². The molecule has 40 heavy (non-hydrogen) atoms. The van der Waals surface area contributed by atoms with Crippen molar-refractivity contribution in [3.05, 3.63) is 78.6 Å². The summed E-state index contributed by atoms with van der Waals surface area (Å²) in [5.74, 6) is 0.413. The van der Waals surface area contributed by atoms with E-state index in [4.69, 9.17) is 4.74 Å². The van der Waals surface area contributed by atoms with Crippen LogP contribution in [0.2, 0.25) is 0 Å². The largest absolute Gasteiger partial charge is 0.378 e. The SMILES string of the molecule is CS(=O)(=O)N1CCC(Cn2cncc2Cn2cc(C(=O)N3CCOCC3)c(-c3cccc4ccccc34)c2)CC1. The molecular weight excluding hydrogens is 526 g/mol. The molecule has 2 fully saturated rings. The number of carbonyl (C=O) groups is 1. The maximum atomic E-state index is 13.8. The molecule has 1 amide bonds. The first-order valence-electron chi connectivity index (χ1n) is 13.9. The summed E-state index contributed by atoms with van der Waals surface area (Å²) in [6.07, 6.45) is 10.7. The minimum absolute atomic E-state index is 0.0242. The number of nitrogens with zero attached hydrogens (tertiary/aromatic N) is 5. The molecule has 2 saturated heterocycles.